The van der Waals surface area contributed by atoms with Crippen molar-refractivity contribution in [2.75, 3.05) is 7.11 Å². The molecule has 3 atom stereocenters. The first-order valence-corrected chi connectivity index (χ1v) is 8.71. The molecule has 1 fully saturated rings. The van der Waals surface area contributed by atoms with E-state index in [0.717, 1.165) is 31.4 Å². The van der Waals surface area contributed by atoms with Crippen LogP contribution >= 0.6 is 0 Å². The fourth-order valence-electron chi connectivity index (χ4n) is 5.19. The van der Waals surface area contributed by atoms with Crippen molar-refractivity contribution in [1.82, 2.24) is 0 Å². The molecule has 3 aliphatic rings. The maximum Gasteiger partial charge on any atom is 0.119 e. The van der Waals surface area contributed by atoms with Gasteiger partial charge in [-0.2, -0.15) is 0 Å². The summed E-state index contributed by atoms with van der Waals surface area (Å²) >= 11 is 0. The Hall–Kier alpha value is -1.28. The summed E-state index contributed by atoms with van der Waals surface area (Å²) in [5, 5.41) is 10.6. The molecule has 1 aromatic rings. The standard InChI is InChI=1S/C20H26O2/c1-20-11-10-16-15-9-7-14(22-2)12-13(15)6-8-17(16)18(20)4-3-5-19(20)21/h7,9,12,18-19,21H,3-6,8,10-11H2,1-2H3/t18-,19+,20-/m1/s1. The van der Waals surface area contributed by atoms with E-state index < -0.39 is 0 Å². The number of ether oxygens (including phenoxy) is 1. The van der Waals surface area contributed by atoms with Crippen LogP contribution in [-0.4, -0.2) is 18.3 Å². The van der Waals surface area contributed by atoms with Gasteiger partial charge in [0.25, 0.3) is 0 Å². The average molecular weight is 298 g/mol. The predicted octanol–water partition coefficient (Wildman–Crippen LogP) is 4.36. The van der Waals surface area contributed by atoms with Crippen LogP contribution in [-0.2, 0) is 6.42 Å². The van der Waals surface area contributed by atoms with Crippen LogP contribution in [0.5, 0.6) is 5.75 Å². The predicted molar refractivity (Wildman–Crippen MR) is 88.9 cm³/mol. The van der Waals surface area contributed by atoms with Gasteiger partial charge in [-0.3, -0.25) is 0 Å². The van der Waals surface area contributed by atoms with E-state index in [1.54, 1.807) is 18.3 Å². The zero-order valence-electron chi connectivity index (χ0n) is 13.7. The van der Waals surface area contributed by atoms with Crippen LogP contribution in [0.2, 0.25) is 0 Å². The van der Waals surface area contributed by atoms with Gasteiger partial charge in [-0.05, 0) is 73.3 Å². The Morgan fingerprint density at radius 3 is 2.86 bits per heavy atom. The second kappa shape index (κ2) is 5.13. The van der Waals surface area contributed by atoms with Crippen molar-refractivity contribution in [2.24, 2.45) is 11.3 Å². The summed E-state index contributed by atoms with van der Waals surface area (Å²) in [7, 11) is 1.74. The Morgan fingerprint density at radius 2 is 2.05 bits per heavy atom. The minimum absolute atomic E-state index is 0.112. The van der Waals surface area contributed by atoms with Crippen molar-refractivity contribution in [1.29, 1.82) is 0 Å². The van der Waals surface area contributed by atoms with E-state index in [-0.39, 0.29) is 11.5 Å². The Morgan fingerprint density at radius 1 is 1.18 bits per heavy atom. The molecule has 3 aliphatic carbocycles. The van der Waals surface area contributed by atoms with Crippen LogP contribution in [0.25, 0.3) is 5.57 Å². The highest BCUT2D eigenvalue weighted by atomic mass is 16.5. The largest absolute Gasteiger partial charge is 0.497 e. The smallest absolute Gasteiger partial charge is 0.119 e. The first-order valence-electron chi connectivity index (χ1n) is 8.71. The highest BCUT2D eigenvalue weighted by molar-refractivity contribution is 5.75. The summed E-state index contributed by atoms with van der Waals surface area (Å²) in [6.07, 6.45) is 7.85. The van der Waals surface area contributed by atoms with Crippen LogP contribution in [0.3, 0.4) is 0 Å². The quantitative estimate of drug-likeness (QED) is 0.835. The number of hydrogen-bond acceptors (Lipinski definition) is 2. The van der Waals surface area contributed by atoms with Gasteiger partial charge in [-0.1, -0.05) is 25.0 Å². The fraction of sp³-hybridized carbons (Fsp3) is 0.600. The Kier molecular flexibility index (Phi) is 3.34. The van der Waals surface area contributed by atoms with Gasteiger partial charge in [-0.15, -0.1) is 0 Å². The Bertz CT molecular complexity index is 631. The number of aliphatic hydroxyl groups excluding tert-OH is 1. The molecule has 0 spiro atoms. The van der Waals surface area contributed by atoms with Gasteiger partial charge in [-0.25, -0.2) is 0 Å². The molecule has 1 aromatic carbocycles. The zero-order chi connectivity index (χ0) is 15.3. The molecule has 1 N–H and O–H groups in total. The van der Waals surface area contributed by atoms with Crippen molar-refractivity contribution < 1.29 is 9.84 Å². The van der Waals surface area contributed by atoms with Gasteiger partial charge in [0.05, 0.1) is 13.2 Å². The third kappa shape index (κ3) is 1.96. The number of benzene rings is 1. The summed E-state index contributed by atoms with van der Waals surface area (Å²) in [6, 6.07) is 6.56. The van der Waals surface area contributed by atoms with Crippen LogP contribution < -0.4 is 4.74 Å². The first kappa shape index (κ1) is 14.3. The maximum absolute atomic E-state index is 10.6. The van der Waals surface area contributed by atoms with E-state index in [0.29, 0.717) is 5.92 Å². The van der Waals surface area contributed by atoms with E-state index in [4.69, 9.17) is 4.74 Å². The molecule has 2 heteroatoms. The number of aryl methyl sites for hydroxylation is 1. The topological polar surface area (TPSA) is 29.5 Å². The number of rotatable bonds is 1. The number of methoxy groups -OCH3 is 1. The second-order valence-corrected chi connectivity index (χ2v) is 7.53. The number of aliphatic hydroxyl groups is 1. The van der Waals surface area contributed by atoms with Crippen molar-refractivity contribution in [3.8, 4) is 5.75 Å². The van der Waals surface area contributed by atoms with E-state index >= 15 is 0 Å². The third-order valence-electron chi connectivity index (χ3n) is 6.55. The lowest BCUT2D eigenvalue weighted by Crippen LogP contribution is -2.46. The number of allylic oxidation sites excluding steroid dienone is 2. The summed E-state index contributed by atoms with van der Waals surface area (Å²) in [6.45, 7) is 2.33. The SMILES string of the molecule is COc1ccc2c(c1)CCC1=C2CC[C@]2(C)[C@@H]1CCC[C@@H]2O. The lowest BCUT2D eigenvalue weighted by Gasteiger charge is -2.51. The summed E-state index contributed by atoms with van der Waals surface area (Å²) < 4.78 is 5.38. The molecule has 0 heterocycles. The Labute approximate surface area is 133 Å². The highest BCUT2D eigenvalue weighted by Gasteiger charge is 2.48. The zero-order valence-corrected chi connectivity index (χ0v) is 13.7. The van der Waals surface area contributed by atoms with Gasteiger partial charge in [0, 0.05) is 5.41 Å². The Balaban J connectivity index is 1.78. The third-order valence-corrected chi connectivity index (χ3v) is 6.55. The summed E-state index contributed by atoms with van der Waals surface area (Å²) in [5.41, 5.74) is 6.24. The van der Waals surface area contributed by atoms with Crippen LogP contribution in [0.4, 0.5) is 0 Å². The molecule has 0 unspecified atom stereocenters. The molecule has 0 aromatic heterocycles. The molecule has 22 heavy (non-hydrogen) atoms. The molecule has 1 saturated carbocycles. The second-order valence-electron chi connectivity index (χ2n) is 7.53. The highest BCUT2D eigenvalue weighted by Crippen LogP contribution is 2.56. The maximum atomic E-state index is 10.6. The molecule has 4 rings (SSSR count). The normalized spacial score (nSPS) is 33.8. The molecule has 0 aliphatic heterocycles. The monoisotopic (exact) mass is 298 g/mol. The number of hydrogen-bond donors (Lipinski definition) is 1. The lowest BCUT2D eigenvalue weighted by atomic mass is 9.55. The number of fused-ring (bicyclic) bond motifs is 4. The summed E-state index contributed by atoms with van der Waals surface area (Å²) in [5.74, 6) is 1.56. The molecular weight excluding hydrogens is 272 g/mol. The summed E-state index contributed by atoms with van der Waals surface area (Å²) in [4.78, 5) is 0. The van der Waals surface area contributed by atoms with E-state index in [2.05, 4.69) is 25.1 Å². The van der Waals surface area contributed by atoms with Crippen LogP contribution in [0.15, 0.2) is 23.8 Å². The van der Waals surface area contributed by atoms with Gasteiger partial charge in [0.15, 0.2) is 0 Å². The van der Waals surface area contributed by atoms with Gasteiger partial charge in [0.2, 0.25) is 0 Å². The molecule has 0 bridgehead atoms. The molecule has 0 radical (unpaired) electrons. The van der Waals surface area contributed by atoms with Crippen LogP contribution in [0.1, 0.15) is 56.6 Å². The van der Waals surface area contributed by atoms with Gasteiger partial charge < -0.3 is 9.84 Å². The minimum atomic E-state index is -0.113. The van der Waals surface area contributed by atoms with E-state index in [9.17, 15) is 5.11 Å². The van der Waals surface area contributed by atoms with Crippen LogP contribution in [0, 0.1) is 11.3 Å². The molecular formula is C20H26O2. The van der Waals surface area contributed by atoms with E-state index in [1.807, 2.05) is 0 Å². The van der Waals surface area contributed by atoms with E-state index in [1.165, 1.54) is 30.4 Å². The van der Waals surface area contributed by atoms with Gasteiger partial charge >= 0.3 is 0 Å². The van der Waals surface area contributed by atoms with Gasteiger partial charge in [0.1, 0.15) is 5.75 Å². The van der Waals surface area contributed by atoms with Crippen molar-refractivity contribution >= 4 is 5.57 Å². The van der Waals surface area contributed by atoms with Crippen molar-refractivity contribution in [3.05, 3.63) is 34.9 Å². The molecule has 0 saturated heterocycles. The lowest BCUT2D eigenvalue weighted by molar-refractivity contribution is -0.0393. The average Bonchev–Trinajstić information content (AvgIpc) is 2.55. The van der Waals surface area contributed by atoms with Crippen molar-refractivity contribution in [3.63, 3.8) is 0 Å². The van der Waals surface area contributed by atoms with Crippen molar-refractivity contribution in [2.45, 2.75) is 58.0 Å². The fourth-order valence-corrected chi connectivity index (χ4v) is 5.19. The molecule has 2 nitrogen and oxygen atoms in total. The molecule has 118 valence electrons. The molecule has 0 amide bonds. The minimum Gasteiger partial charge on any atom is -0.497 e. The first-order chi connectivity index (χ1) is 10.6.